The Morgan fingerprint density at radius 1 is 1.42 bits per heavy atom. The Morgan fingerprint density at radius 2 is 2.16 bits per heavy atom. The average molecular weight is 270 g/mol. The molecule has 0 saturated carbocycles. The highest BCUT2D eigenvalue weighted by Crippen LogP contribution is 2.15. The van der Waals surface area contributed by atoms with Gasteiger partial charge in [0.2, 0.25) is 5.91 Å². The molecule has 104 valence electrons. The van der Waals surface area contributed by atoms with E-state index in [0.29, 0.717) is 5.75 Å². The van der Waals surface area contributed by atoms with Gasteiger partial charge < -0.3 is 20.5 Å². The summed E-state index contributed by atoms with van der Waals surface area (Å²) in [5.41, 5.74) is 4.77. The Kier molecular flexibility index (Phi) is 5.74. The third-order valence-corrected chi connectivity index (χ3v) is 2.20. The van der Waals surface area contributed by atoms with Crippen LogP contribution in [-0.4, -0.2) is 38.7 Å². The lowest BCUT2D eigenvalue weighted by atomic mass is 10.2. The van der Waals surface area contributed by atoms with Crippen molar-refractivity contribution in [3.05, 3.63) is 29.6 Å². The molecule has 1 aromatic carbocycles. The predicted molar refractivity (Wildman–Crippen MR) is 65.3 cm³/mol. The van der Waals surface area contributed by atoms with E-state index in [0.717, 1.165) is 6.07 Å². The summed E-state index contributed by atoms with van der Waals surface area (Å²) < 4.78 is 23.2. The lowest BCUT2D eigenvalue weighted by Crippen LogP contribution is -2.29. The third kappa shape index (κ3) is 4.92. The van der Waals surface area contributed by atoms with Crippen LogP contribution in [0.3, 0.4) is 0 Å². The monoisotopic (exact) mass is 270 g/mol. The second kappa shape index (κ2) is 7.32. The number of hydrogen-bond donors (Lipinski definition) is 2. The van der Waals surface area contributed by atoms with Crippen molar-refractivity contribution >= 4 is 11.8 Å². The van der Waals surface area contributed by atoms with Crippen LogP contribution in [0.1, 0.15) is 10.4 Å². The van der Waals surface area contributed by atoms with Crippen LogP contribution >= 0.6 is 0 Å². The minimum atomic E-state index is -0.671. The SMILES string of the molecule is COc1ccc(C(=O)NCCOCC(N)=O)c(F)c1. The zero-order valence-electron chi connectivity index (χ0n) is 10.4. The van der Waals surface area contributed by atoms with Crippen LogP contribution in [0.15, 0.2) is 18.2 Å². The maximum atomic E-state index is 13.5. The molecule has 0 unspecified atom stereocenters. The van der Waals surface area contributed by atoms with Gasteiger partial charge in [0, 0.05) is 12.6 Å². The van der Waals surface area contributed by atoms with E-state index in [1.807, 2.05) is 0 Å². The molecule has 0 fully saturated rings. The summed E-state index contributed by atoms with van der Waals surface area (Å²) in [6.45, 7) is 0.0524. The third-order valence-electron chi connectivity index (χ3n) is 2.20. The molecule has 1 aromatic rings. The van der Waals surface area contributed by atoms with Gasteiger partial charge in [-0.05, 0) is 12.1 Å². The van der Waals surface area contributed by atoms with Crippen molar-refractivity contribution in [1.82, 2.24) is 5.32 Å². The molecule has 0 radical (unpaired) electrons. The predicted octanol–water partition coefficient (Wildman–Crippen LogP) is 0.0660. The van der Waals surface area contributed by atoms with Crippen LogP contribution in [0.2, 0.25) is 0 Å². The molecule has 0 bridgehead atoms. The maximum Gasteiger partial charge on any atom is 0.254 e. The first kappa shape index (κ1) is 14.9. The van der Waals surface area contributed by atoms with E-state index < -0.39 is 17.6 Å². The Balaban J connectivity index is 2.43. The van der Waals surface area contributed by atoms with E-state index in [1.54, 1.807) is 0 Å². The summed E-state index contributed by atoms with van der Waals surface area (Å²) in [6.07, 6.45) is 0. The summed E-state index contributed by atoms with van der Waals surface area (Å²) in [5, 5.41) is 2.45. The molecule has 0 heterocycles. The molecule has 0 aromatic heterocycles. The number of amides is 2. The number of ether oxygens (including phenoxy) is 2. The zero-order chi connectivity index (χ0) is 14.3. The van der Waals surface area contributed by atoms with Gasteiger partial charge in [-0.3, -0.25) is 9.59 Å². The van der Waals surface area contributed by atoms with E-state index in [2.05, 4.69) is 5.32 Å². The second-order valence-electron chi connectivity index (χ2n) is 3.62. The van der Waals surface area contributed by atoms with Crippen molar-refractivity contribution < 1.29 is 23.5 Å². The number of carbonyl (C=O) groups excluding carboxylic acids is 2. The van der Waals surface area contributed by atoms with Gasteiger partial charge in [0.1, 0.15) is 18.2 Å². The van der Waals surface area contributed by atoms with Crippen molar-refractivity contribution in [1.29, 1.82) is 0 Å². The number of primary amides is 1. The van der Waals surface area contributed by atoms with Gasteiger partial charge in [0.05, 0.1) is 19.3 Å². The van der Waals surface area contributed by atoms with Crippen molar-refractivity contribution in [3.8, 4) is 5.75 Å². The van der Waals surface area contributed by atoms with Crippen molar-refractivity contribution in [2.45, 2.75) is 0 Å². The number of methoxy groups -OCH3 is 1. The van der Waals surface area contributed by atoms with E-state index in [-0.39, 0.29) is 25.3 Å². The first-order valence-electron chi connectivity index (χ1n) is 5.52. The van der Waals surface area contributed by atoms with Crippen LogP contribution in [-0.2, 0) is 9.53 Å². The highest BCUT2D eigenvalue weighted by molar-refractivity contribution is 5.94. The van der Waals surface area contributed by atoms with Crippen LogP contribution in [0.5, 0.6) is 5.75 Å². The fourth-order valence-corrected chi connectivity index (χ4v) is 1.31. The van der Waals surface area contributed by atoms with Crippen molar-refractivity contribution in [3.63, 3.8) is 0 Å². The summed E-state index contributed by atoms with van der Waals surface area (Å²) in [5.74, 6) is -1.50. The van der Waals surface area contributed by atoms with Crippen LogP contribution in [0.4, 0.5) is 4.39 Å². The molecule has 2 amide bonds. The molecule has 0 aliphatic rings. The molecule has 0 aliphatic heterocycles. The van der Waals surface area contributed by atoms with E-state index in [9.17, 15) is 14.0 Å². The van der Waals surface area contributed by atoms with Crippen molar-refractivity contribution in [2.75, 3.05) is 26.9 Å². The van der Waals surface area contributed by atoms with Crippen LogP contribution in [0, 0.1) is 5.82 Å². The molecule has 7 heteroatoms. The molecule has 0 saturated heterocycles. The number of carbonyl (C=O) groups is 2. The highest BCUT2D eigenvalue weighted by atomic mass is 19.1. The summed E-state index contributed by atoms with van der Waals surface area (Å²) in [4.78, 5) is 22.0. The van der Waals surface area contributed by atoms with Gasteiger partial charge in [0.15, 0.2) is 0 Å². The Bertz CT molecular complexity index is 465. The highest BCUT2D eigenvalue weighted by Gasteiger charge is 2.11. The number of rotatable bonds is 7. The Hall–Kier alpha value is -2.15. The second-order valence-corrected chi connectivity index (χ2v) is 3.62. The largest absolute Gasteiger partial charge is 0.497 e. The molecular formula is C12H15FN2O4. The Labute approximate surface area is 109 Å². The number of nitrogens with two attached hydrogens (primary N) is 1. The Morgan fingerprint density at radius 3 is 2.74 bits per heavy atom. The molecule has 0 spiro atoms. The minimum absolute atomic E-state index is 0.0873. The average Bonchev–Trinajstić information content (AvgIpc) is 2.37. The van der Waals surface area contributed by atoms with E-state index in [4.69, 9.17) is 15.2 Å². The van der Waals surface area contributed by atoms with E-state index in [1.165, 1.54) is 19.2 Å². The first-order chi connectivity index (χ1) is 9.04. The molecule has 6 nitrogen and oxygen atoms in total. The molecule has 3 N–H and O–H groups in total. The van der Waals surface area contributed by atoms with E-state index >= 15 is 0 Å². The van der Waals surface area contributed by atoms with Gasteiger partial charge in [-0.2, -0.15) is 0 Å². The first-order valence-corrected chi connectivity index (χ1v) is 5.52. The van der Waals surface area contributed by atoms with Gasteiger partial charge in [0.25, 0.3) is 5.91 Å². The van der Waals surface area contributed by atoms with Gasteiger partial charge >= 0.3 is 0 Å². The molecule has 19 heavy (non-hydrogen) atoms. The number of halogens is 1. The quantitative estimate of drug-likeness (QED) is 0.686. The fourth-order valence-electron chi connectivity index (χ4n) is 1.31. The summed E-state index contributed by atoms with van der Waals surface area (Å²) in [7, 11) is 1.41. The number of benzene rings is 1. The molecule has 0 aliphatic carbocycles. The number of nitrogens with one attached hydrogen (secondary N) is 1. The maximum absolute atomic E-state index is 13.5. The fraction of sp³-hybridized carbons (Fsp3) is 0.333. The van der Waals surface area contributed by atoms with Gasteiger partial charge in [-0.15, -0.1) is 0 Å². The smallest absolute Gasteiger partial charge is 0.254 e. The van der Waals surface area contributed by atoms with Gasteiger partial charge in [-0.1, -0.05) is 0 Å². The zero-order valence-corrected chi connectivity index (χ0v) is 10.4. The lowest BCUT2D eigenvalue weighted by molar-refractivity contribution is -0.122. The molecular weight excluding hydrogens is 255 g/mol. The van der Waals surface area contributed by atoms with Gasteiger partial charge in [-0.25, -0.2) is 4.39 Å². The normalized spacial score (nSPS) is 10.0. The van der Waals surface area contributed by atoms with Crippen molar-refractivity contribution in [2.24, 2.45) is 5.73 Å². The summed E-state index contributed by atoms with van der Waals surface area (Å²) in [6, 6.07) is 3.94. The topological polar surface area (TPSA) is 90.7 Å². The minimum Gasteiger partial charge on any atom is -0.497 e. The van der Waals surface area contributed by atoms with Crippen LogP contribution < -0.4 is 15.8 Å². The standard InChI is InChI=1S/C12H15FN2O4/c1-18-8-2-3-9(10(13)6-8)12(17)15-4-5-19-7-11(14)16/h2-3,6H,4-5,7H2,1H3,(H2,14,16)(H,15,17). The molecule has 1 rings (SSSR count). The lowest BCUT2D eigenvalue weighted by Gasteiger charge is -2.07. The molecule has 0 atom stereocenters. The van der Waals surface area contributed by atoms with Crippen LogP contribution in [0.25, 0.3) is 0 Å². The summed E-state index contributed by atoms with van der Waals surface area (Å²) >= 11 is 0. The number of hydrogen-bond acceptors (Lipinski definition) is 4.